The fraction of sp³-hybridized carbons (Fsp3) is 0.615. The molecule has 0 atom stereocenters. The van der Waals surface area contributed by atoms with Gasteiger partial charge >= 0.3 is 5.97 Å². The molecule has 0 aliphatic heterocycles. The highest BCUT2D eigenvalue weighted by Crippen LogP contribution is 2.25. The zero-order valence-corrected chi connectivity index (χ0v) is 12.2. The van der Waals surface area contributed by atoms with Crippen LogP contribution in [0.3, 0.4) is 0 Å². The molecule has 1 heterocycles. The Labute approximate surface area is 112 Å². The maximum Gasteiger partial charge on any atom is 0.309 e. The number of thioether (sulfide) groups is 1. The third kappa shape index (κ3) is 4.64. The van der Waals surface area contributed by atoms with Gasteiger partial charge in [0.05, 0.1) is 5.41 Å². The van der Waals surface area contributed by atoms with E-state index in [1.54, 1.807) is 25.6 Å². The number of aliphatic carboxylic acids is 1. The van der Waals surface area contributed by atoms with Gasteiger partial charge in [-0.25, -0.2) is 9.97 Å². The first kappa shape index (κ1) is 15.0. The van der Waals surface area contributed by atoms with Crippen molar-refractivity contribution in [2.45, 2.75) is 45.7 Å². The van der Waals surface area contributed by atoms with Crippen molar-refractivity contribution in [2.24, 2.45) is 5.41 Å². The second-order valence-corrected chi connectivity index (χ2v) is 6.14. The van der Waals surface area contributed by atoms with Crippen molar-refractivity contribution < 1.29 is 9.90 Å². The largest absolute Gasteiger partial charge is 0.481 e. The predicted octanol–water partition coefficient (Wildman–Crippen LogP) is 3.08. The highest BCUT2D eigenvalue weighted by atomic mass is 32.2. The standard InChI is InChI=1S/C13H20N2O2S/c1-9-8-10(2)15-12(14-9)18-7-5-6-13(3,4)11(16)17/h8H,5-7H2,1-4H3,(H,16,17). The molecule has 5 heteroatoms. The van der Waals surface area contributed by atoms with E-state index >= 15 is 0 Å². The fourth-order valence-corrected chi connectivity index (χ4v) is 2.43. The first-order chi connectivity index (χ1) is 8.31. The summed E-state index contributed by atoms with van der Waals surface area (Å²) in [6, 6.07) is 1.94. The Bertz CT molecular complexity index is 413. The maximum absolute atomic E-state index is 10.9. The highest BCUT2D eigenvalue weighted by Gasteiger charge is 2.26. The third-order valence-electron chi connectivity index (χ3n) is 2.72. The molecule has 1 rings (SSSR count). The smallest absolute Gasteiger partial charge is 0.309 e. The Morgan fingerprint density at radius 1 is 1.33 bits per heavy atom. The number of rotatable bonds is 6. The van der Waals surface area contributed by atoms with Gasteiger partial charge in [-0.15, -0.1) is 0 Å². The van der Waals surface area contributed by atoms with Crippen LogP contribution in [-0.2, 0) is 4.79 Å². The van der Waals surface area contributed by atoms with Crippen molar-refractivity contribution in [3.05, 3.63) is 17.5 Å². The number of aryl methyl sites for hydroxylation is 2. The summed E-state index contributed by atoms with van der Waals surface area (Å²) in [4.78, 5) is 19.6. The van der Waals surface area contributed by atoms with Crippen LogP contribution in [0.1, 0.15) is 38.1 Å². The molecule has 1 aromatic heterocycles. The van der Waals surface area contributed by atoms with Crippen LogP contribution >= 0.6 is 11.8 Å². The van der Waals surface area contributed by atoms with Gasteiger partial charge in [0.25, 0.3) is 0 Å². The lowest BCUT2D eigenvalue weighted by molar-refractivity contribution is -0.147. The quantitative estimate of drug-likeness (QED) is 0.488. The van der Waals surface area contributed by atoms with Gasteiger partial charge in [-0.3, -0.25) is 4.79 Å². The number of hydrogen-bond donors (Lipinski definition) is 1. The van der Waals surface area contributed by atoms with Crippen molar-refractivity contribution in [1.29, 1.82) is 0 Å². The Hall–Kier alpha value is -1.10. The first-order valence-corrected chi connectivity index (χ1v) is 6.98. The number of carboxylic acid groups (broad SMARTS) is 1. The SMILES string of the molecule is Cc1cc(C)nc(SCCCC(C)(C)C(=O)O)n1. The number of nitrogens with zero attached hydrogens (tertiary/aromatic N) is 2. The molecule has 0 saturated carbocycles. The summed E-state index contributed by atoms with van der Waals surface area (Å²) in [5, 5.41) is 9.78. The lowest BCUT2D eigenvalue weighted by Crippen LogP contribution is -2.23. The summed E-state index contributed by atoms with van der Waals surface area (Å²) >= 11 is 1.59. The molecule has 1 N–H and O–H groups in total. The van der Waals surface area contributed by atoms with Crippen LogP contribution in [0.4, 0.5) is 0 Å². The van der Waals surface area contributed by atoms with Gasteiger partial charge in [-0.1, -0.05) is 11.8 Å². The van der Waals surface area contributed by atoms with Gasteiger partial charge in [-0.2, -0.15) is 0 Å². The molecule has 0 saturated heterocycles. The van der Waals surface area contributed by atoms with Gasteiger partial charge < -0.3 is 5.11 Å². The van der Waals surface area contributed by atoms with Crippen molar-refractivity contribution in [2.75, 3.05) is 5.75 Å². The third-order valence-corrected chi connectivity index (χ3v) is 3.65. The molecule has 0 radical (unpaired) electrons. The van der Waals surface area contributed by atoms with Crippen LogP contribution in [0.15, 0.2) is 11.2 Å². The molecular weight excluding hydrogens is 248 g/mol. The summed E-state index contributed by atoms with van der Waals surface area (Å²) in [6.07, 6.45) is 1.51. The topological polar surface area (TPSA) is 63.1 Å². The number of carbonyl (C=O) groups is 1. The minimum Gasteiger partial charge on any atom is -0.481 e. The second kappa shape index (κ2) is 6.18. The molecule has 0 aromatic carbocycles. The lowest BCUT2D eigenvalue weighted by Gasteiger charge is -2.18. The molecule has 100 valence electrons. The normalized spacial score (nSPS) is 11.6. The van der Waals surface area contributed by atoms with Crippen LogP contribution in [0.25, 0.3) is 0 Å². The van der Waals surface area contributed by atoms with Gasteiger partial charge in [0.15, 0.2) is 5.16 Å². The average molecular weight is 268 g/mol. The van der Waals surface area contributed by atoms with Crippen LogP contribution in [0.2, 0.25) is 0 Å². The number of hydrogen-bond acceptors (Lipinski definition) is 4. The van der Waals surface area contributed by atoms with E-state index in [9.17, 15) is 4.79 Å². The Morgan fingerprint density at radius 3 is 2.39 bits per heavy atom. The minimum atomic E-state index is -0.741. The molecular formula is C13H20N2O2S. The van der Waals surface area contributed by atoms with Crippen LogP contribution < -0.4 is 0 Å². The Morgan fingerprint density at radius 2 is 1.89 bits per heavy atom. The molecule has 0 amide bonds. The van der Waals surface area contributed by atoms with E-state index in [1.807, 2.05) is 19.9 Å². The van der Waals surface area contributed by atoms with Crippen molar-refractivity contribution >= 4 is 17.7 Å². The van der Waals surface area contributed by atoms with E-state index in [2.05, 4.69) is 9.97 Å². The van der Waals surface area contributed by atoms with Gasteiger partial charge in [-0.05, 0) is 46.6 Å². The monoisotopic (exact) mass is 268 g/mol. The van der Waals surface area contributed by atoms with E-state index < -0.39 is 11.4 Å². The number of carboxylic acids is 1. The van der Waals surface area contributed by atoms with E-state index in [1.165, 1.54) is 0 Å². The van der Waals surface area contributed by atoms with Crippen molar-refractivity contribution in [3.8, 4) is 0 Å². The van der Waals surface area contributed by atoms with Gasteiger partial charge in [0.1, 0.15) is 0 Å². The van der Waals surface area contributed by atoms with E-state index in [0.717, 1.165) is 28.7 Å². The van der Waals surface area contributed by atoms with Crippen molar-refractivity contribution in [1.82, 2.24) is 9.97 Å². The lowest BCUT2D eigenvalue weighted by atomic mass is 9.88. The highest BCUT2D eigenvalue weighted by molar-refractivity contribution is 7.99. The summed E-state index contributed by atoms with van der Waals surface area (Å²) in [5.74, 6) is 0.106. The van der Waals surface area contributed by atoms with Gasteiger partial charge in [0, 0.05) is 17.1 Å². The van der Waals surface area contributed by atoms with E-state index in [0.29, 0.717) is 6.42 Å². The second-order valence-electron chi connectivity index (χ2n) is 5.07. The molecule has 4 nitrogen and oxygen atoms in total. The van der Waals surface area contributed by atoms with E-state index in [4.69, 9.17) is 5.11 Å². The van der Waals surface area contributed by atoms with Crippen LogP contribution in [0, 0.1) is 19.3 Å². The van der Waals surface area contributed by atoms with Gasteiger partial charge in [0.2, 0.25) is 0 Å². The summed E-state index contributed by atoms with van der Waals surface area (Å²) in [7, 11) is 0. The van der Waals surface area contributed by atoms with E-state index in [-0.39, 0.29) is 0 Å². The Kier molecular flexibility index (Phi) is 5.14. The molecule has 0 aliphatic rings. The summed E-state index contributed by atoms with van der Waals surface area (Å²) in [6.45, 7) is 7.42. The minimum absolute atomic E-state index is 0.649. The molecule has 0 spiro atoms. The predicted molar refractivity (Wildman–Crippen MR) is 72.9 cm³/mol. The molecule has 1 aromatic rings. The molecule has 0 bridgehead atoms. The zero-order valence-electron chi connectivity index (χ0n) is 11.4. The fourth-order valence-electron chi connectivity index (χ4n) is 1.54. The maximum atomic E-state index is 10.9. The molecule has 0 aliphatic carbocycles. The molecule has 18 heavy (non-hydrogen) atoms. The summed E-state index contributed by atoms with van der Waals surface area (Å²) in [5.41, 5.74) is 1.29. The first-order valence-electron chi connectivity index (χ1n) is 6.00. The van der Waals surface area contributed by atoms with Crippen molar-refractivity contribution in [3.63, 3.8) is 0 Å². The zero-order chi connectivity index (χ0) is 13.8. The average Bonchev–Trinajstić information content (AvgIpc) is 2.23. The Balaban J connectivity index is 2.40. The summed E-state index contributed by atoms with van der Waals surface area (Å²) < 4.78 is 0. The van der Waals surface area contributed by atoms with Crippen LogP contribution in [0.5, 0.6) is 0 Å². The number of aromatic nitrogens is 2. The molecule has 0 fully saturated rings. The van der Waals surface area contributed by atoms with Crippen LogP contribution in [-0.4, -0.2) is 26.8 Å². The molecule has 0 unspecified atom stereocenters.